The summed E-state index contributed by atoms with van der Waals surface area (Å²) >= 11 is 0. The summed E-state index contributed by atoms with van der Waals surface area (Å²) in [6.07, 6.45) is 5.06. The van der Waals surface area contributed by atoms with Gasteiger partial charge >= 0.3 is 0 Å². The van der Waals surface area contributed by atoms with E-state index in [4.69, 9.17) is 11.2 Å². The van der Waals surface area contributed by atoms with Crippen molar-refractivity contribution in [2.45, 2.75) is 6.92 Å². The second-order valence-electron chi connectivity index (χ2n) is 3.14. The third-order valence-corrected chi connectivity index (χ3v) is 1.92. The molecule has 1 aromatic rings. The summed E-state index contributed by atoms with van der Waals surface area (Å²) in [5, 5.41) is 2.98. The van der Waals surface area contributed by atoms with E-state index in [1.165, 1.54) is 6.07 Å². The highest BCUT2D eigenvalue weighted by Crippen LogP contribution is 2.15. The van der Waals surface area contributed by atoms with Gasteiger partial charge in [-0.25, -0.2) is 4.39 Å². The Hall–Kier alpha value is -1.53. The van der Waals surface area contributed by atoms with Crippen molar-refractivity contribution in [1.82, 2.24) is 5.32 Å². The van der Waals surface area contributed by atoms with E-state index in [2.05, 4.69) is 11.2 Å². The number of nitrogens with one attached hydrogen (secondary N) is 1. The zero-order valence-corrected chi connectivity index (χ0v) is 8.72. The van der Waals surface area contributed by atoms with Crippen LogP contribution in [0.25, 0.3) is 0 Å². The van der Waals surface area contributed by atoms with Crippen LogP contribution >= 0.6 is 0 Å². The average molecular weight is 207 g/mol. The SMILES string of the molecule is C#CCNCCOc1ccc(C)c(F)c1. The molecule has 0 aromatic heterocycles. The van der Waals surface area contributed by atoms with E-state index in [9.17, 15) is 4.39 Å². The Morgan fingerprint density at radius 3 is 3.00 bits per heavy atom. The quantitative estimate of drug-likeness (QED) is 0.586. The fourth-order valence-electron chi connectivity index (χ4n) is 1.06. The summed E-state index contributed by atoms with van der Waals surface area (Å²) < 4.78 is 18.4. The molecule has 0 unspecified atom stereocenters. The lowest BCUT2D eigenvalue weighted by atomic mass is 10.2. The maximum absolute atomic E-state index is 13.1. The minimum Gasteiger partial charge on any atom is -0.492 e. The molecule has 1 rings (SSSR count). The summed E-state index contributed by atoms with van der Waals surface area (Å²) in [4.78, 5) is 0. The molecule has 80 valence electrons. The Morgan fingerprint density at radius 1 is 1.53 bits per heavy atom. The van der Waals surface area contributed by atoms with E-state index in [0.717, 1.165) is 0 Å². The molecule has 1 aromatic carbocycles. The van der Waals surface area contributed by atoms with Gasteiger partial charge in [0.15, 0.2) is 0 Å². The Labute approximate surface area is 89.4 Å². The number of aryl methyl sites for hydroxylation is 1. The molecule has 0 radical (unpaired) electrons. The fraction of sp³-hybridized carbons (Fsp3) is 0.333. The van der Waals surface area contributed by atoms with Crippen LogP contribution in [0.15, 0.2) is 18.2 Å². The number of terminal acetylenes is 1. The Bertz CT molecular complexity index is 357. The van der Waals surface area contributed by atoms with E-state index >= 15 is 0 Å². The molecule has 0 spiro atoms. The molecule has 0 saturated carbocycles. The van der Waals surface area contributed by atoms with E-state index in [-0.39, 0.29) is 5.82 Å². The smallest absolute Gasteiger partial charge is 0.129 e. The molecule has 1 N–H and O–H groups in total. The summed E-state index contributed by atoms with van der Waals surface area (Å²) in [5.74, 6) is 2.75. The third-order valence-electron chi connectivity index (χ3n) is 1.92. The van der Waals surface area contributed by atoms with Gasteiger partial charge in [-0.05, 0) is 18.6 Å². The van der Waals surface area contributed by atoms with Gasteiger partial charge in [-0.15, -0.1) is 6.42 Å². The Kier molecular flexibility index (Phi) is 4.65. The molecule has 15 heavy (non-hydrogen) atoms. The van der Waals surface area contributed by atoms with Gasteiger partial charge in [-0.1, -0.05) is 12.0 Å². The van der Waals surface area contributed by atoms with Gasteiger partial charge in [0.1, 0.15) is 18.2 Å². The molecular formula is C12H14FNO. The lowest BCUT2D eigenvalue weighted by Crippen LogP contribution is -2.21. The van der Waals surface area contributed by atoms with Crippen molar-refractivity contribution in [3.63, 3.8) is 0 Å². The molecule has 0 aliphatic rings. The third kappa shape index (κ3) is 4.01. The highest BCUT2D eigenvalue weighted by Gasteiger charge is 1.99. The molecule has 0 fully saturated rings. The van der Waals surface area contributed by atoms with Crippen LogP contribution in [0.4, 0.5) is 4.39 Å². The topological polar surface area (TPSA) is 21.3 Å². The average Bonchev–Trinajstić information content (AvgIpc) is 2.23. The van der Waals surface area contributed by atoms with Crippen LogP contribution in [0, 0.1) is 25.1 Å². The second-order valence-corrected chi connectivity index (χ2v) is 3.14. The first kappa shape index (κ1) is 11.5. The van der Waals surface area contributed by atoms with Gasteiger partial charge in [-0.2, -0.15) is 0 Å². The van der Waals surface area contributed by atoms with E-state index in [0.29, 0.717) is 31.0 Å². The van der Waals surface area contributed by atoms with E-state index in [1.54, 1.807) is 19.1 Å². The minimum atomic E-state index is -0.246. The van der Waals surface area contributed by atoms with Gasteiger partial charge in [-0.3, -0.25) is 0 Å². The Morgan fingerprint density at radius 2 is 2.33 bits per heavy atom. The number of hydrogen-bond donors (Lipinski definition) is 1. The fourth-order valence-corrected chi connectivity index (χ4v) is 1.06. The Balaban J connectivity index is 2.32. The van der Waals surface area contributed by atoms with Crippen LogP contribution in [0.3, 0.4) is 0 Å². The summed E-state index contributed by atoms with van der Waals surface area (Å²) in [5.41, 5.74) is 0.618. The number of hydrogen-bond acceptors (Lipinski definition) is 2. The predicted molar refractivity (Wildman–Crippen MR) is 58.3 cm³/mol. The van der Waals surface area contributed by atoms with E-state index < -0.39 is 0 Å². The lowest BCUT2D eigenvalue weighted by molar-refractivity contribution is 0.315. The first-order valence-corrected chi connectivity index (χ1v) is 4.77. The molecule has 0 aliphatic carbocycles. The molecule has 0 atom stereocenters. The van der Waals surface area contributed by atoms with Crippen molar-refractivity contribution in [1.29, 1.82) is 0 Å². The first-order valence-electron chi connectivity index (χ1n) is 4.77. The van der Waals surface area contributed by atoms with Gasteiger partial charge in [0.2, 0.25) is 0 Å². The first-order chi connectivity index (χ1) is 7.24. The van der Waals surface area contributed by atoms with Crippen molar-refractivity contribution in [3.05, 3.63) is 29.6 Å². The molecule has 3 heteroatoms. The zero-order chi connectivity index (χ0) is 11.1. The summed E-state index contributed by atoms with van der Waals surface area (Å²) in [6.45, 7) is 3.36. The predicted octanol–water partition coefficient (Wildman–Crippen LogP) is 1.74. The summed E-state index contributed by atoms with van der Waals surface area (Å²) in [7, 11) is 0. The van der Waals surface area contributed by atoms with Crippen LogP contribution in [0.2, 0.25) is 0 Å². The van der Waals surface area contributed by atoms with Crippen LogP contribution < -0.4 is 10.1 Å². The van der Waals surface area contributed by atoms with Gasteiger partial charge in [0.25, 0.3) is 0 Å². The molecule has 0 amide bonds. The highest BCUT2D eigenvalue weighted by atomic mass is 19.1. The van der Waals surface area contributed by atoms with Crippen molar-refractivity contribution in [2.24, 2.45) is 0 Å². The standard InChI is InChI=1S/C12H14FNO/c1-3-6-14-7-8-15-11-5-4-10(2)12(13)9-11/h1,4-5,9,14H,6-8H2,2H3. The largest absolute Gasteiger partial charge is 0.492 e. The van der Waals surface area contributed by atoms with Crippen molar-refractivity contribution in [2.75, 3.05) is 19.7 Å². The molecule has 0 heterocycles. The molecular weight excluding hydrogens is 193 g/mol. The van der Waals surface area contributed by atoms with Crippen LogP contribution in [0.1, 0.15) is 5.56 Å². The highest BCUT2D eigenvalue weighted by molar-refractivity contribution is 5.27. The normalized spacial score (nSPS) is 9.67. The van der Waals surface area contributed by atoms with Crippen molar-refractivity contribution >= 4 is 0 Å². The second kappa shape index (κ2) is 6.05. The van der Waals surface area contributed by atoms with Crippen LogP contribution in [-0.4, -0.2) is 19.7 Å². The van der Waals surface area contributed by atoms with Crippen LogP contribution in [0.5, 0.6) is 5.75 Å². The molecule has 0 saturated heterocycles. The van der Waals surface area contributed by atoms with Crippen molar-refractivity contribution < 1.29 is 9.13 Å². The van der Waals surface area contributed by atoms with Gasteiger partial charge < -0.3 is 10.1 Å². The molecule has 2 nitrogen and oxygen atoms in total. The molecule has 0 bridgehead atoms. The lowest BCUT2D eigenvalue weighted by Gasteiger charge is -2.06. The zero-order valence-electron chi connectivity index (χ0n) is 8.72. The maximum Gasteiger partial charge on any atom is 0.129 e. The monoisotopic (exact) mass is 207 g/mol. The van der Waals surface area contributed by atoms with Crippen molar-refractivity contribution in [3.8, 4) is 18.1 Å². The number of rotatable bonds is 5. The van der Waals surface area contributed by atoms with Gasteiger partial charge in [0.05, 0.1) is 6.54 Å². The molecule has 0 aliphatic heterocycles. The number of halogens is 1. The maximum atomic E-state index is 13.1. The van der Waals surface area contributed by atoms with E-state index in [1.807, 2.05) is 0 Å². The minimum absolute atomic E-state index is 0.246. The van der Waals surface area contributed by atoms with Crippen LogP contribution in [-0.2, 0) is 0 Å². The van der Waals surface area contributed by atoms with Gasteiger partial charge in [0, 0.05) is 12.6 Å². The number of benzene rings is 1. The number of ether oxygens (including phenoxy) is 1. The summed E-state index contributed by atoms with van der Waals surface area (Å²) in [6, 6.07) is 4.83.